The van der Waals surface area contributed by atoms with Gasteiger partial charge in [0.1, 0.15) is 11.6 Å². The lowest BCUT2D eigenvalue weighted by atomic mass is 10.0. The maximum atomic E-state index is 13.1. The molecule has 2 rings (SSSR count). The van der Waals surface area contributed by atoms with Crippen molar-refractivity contribution in [3.05, 3.63) is 30.1 Å². The normalized spacial score (nSPS) is 20.9. The fraction of sp³-hybridized carbons (Fsp3) is 0.385. The first-order valence-corrected chi connectivity index (χ1v) is 7.61. The third-order valence-corrected chi connectivity index (χ3v) is 5.58. The van der Waals surface area contributed by atoms with Gasteiger partial charge >= 0.3 is 5.97 Å². The molecule has 1 N–H and O–H groups in total. The van der Waals surface area contributed by atoms with Gasteiger partial charge in [-0.3, -0.25) is 9.59 Å². The van der Waals surface area contributed by atoms with Crippen LogP contribution in [0.5, 0.6) is 0 Å². The van der Waals surface area contributed by atoms with Crippen LogP contribution in [0.4, 0.5) is 4.39 Å². The molecule has 5 nitrogen and oxygen atoms in total. The van der Waals surface area contributed by atoms with E-state index in [1.54, 1.807) is 0 Å². The van der Waals surface area contributed by atoms with E-state index in [0.717, 1.165) is 18.2 Å². The average molecular weight is 300 g/mol. The molecule has 20 heavy (non-hydrogen) atoms. The number of sulfone groups is 1. The molecular weight excluding hydrogens is 287 g/mol. The lowest BCUT2D eigenvalue weighted by molar-refractivity contribution is -0.137. The van der Waals surface area contributed by atoms with Crippen LogP contribution in [-0.2, 0) is 19.4 Å². The van der Waals surface area contributed by atoms with Crippen LogP contribution in [0.1, 0.15) is 19.3 Å². The van der Waals surface area contributed by atoms with Crippen molar-refractivity contribution in [2.24, 2.45) is 5.92 Å². The van der Waals surface area contributed by atoms with Crippen LogP contribution < -0.4 is 0 Å². The van der Waals surface area contributed by atoms with E-state index in [0.29, 0.717) is 0 Å². The molecule has 0 amide bonds. The summed E-state index contributed by atoms with van der Waals surface area (Å²) in [4.78, 5) is 22.2. The molecule has 1 saturated carbocycles. The molecule has 1 fully saturated rings. The summed E-state index contributed by atoms with van der Waals surface area (Å²) in [6, 6.07) is 4.24. The molecule has 1 aliphatic carbocycles. The first-order valence-electron chi connectivity index (χ1n) is 6.06. The van der Waals surface area contributed by atoms with E-state index >= 15 is 0 Å². The highest BCUT2D eigenvalue weighted by molar-refractivity contribution is 7.92. The molecule has 0 spiro atoms. The topological polar surface area (TPSA) is 88.5 Å². The lowest BCUT2D eigenvalue weighted by Crippen LogP contribution is -2.36. The van der Waals surface area contributed by atoms with E-state index in [4.69, 9.17) is 0 Å². The minimum Gasteiger partial charge on any atom is -0.480 e. The van der Waals surface area contributed by atoms with E-state index < -0.39 is 32.8 Å². The van der Waals surface area contributed by atoms with Gasteiger partial charge < -0.3 is 5.11 Å². The van der Waals surface area contributed by atoms with Crippen molar-refractivity contribution in [1.29, 1.82) is 0 Å². The highest BCUT2D eigenvalue weighted by Gasteiger charge is 2.43. The van der Waals surface area contributed by atoms with Crippen LogP contribution >= 0.6 is 0 Å². The summed E-state index contributed by atoms with van der Waals surface area (Å²) in [5.74, 6) is -3.16. The largest absolute Gasteiger partial charge is 0.480 e. The molecule has 1 aromatic rings. The smallest absolute Gasteiger partial charge is 0.322 e. The van der Waals surface area contributed by atoms with Gasteiger partial charge in [0.2, 0.25) is 0 Å². The molecule has 2 unspecified atom stereocenters. The third-order valence-electron chi connectivity index (χ3n) is 3.41. The molecule has 108 valence electrons. The Balaban J connectivity index is 2.43. The Morgan fingerprint density at radius 3 is 2.60 bits per heavy atom. The van der Waals surface area contributed by atoms with Crippen molar-refractivity contribution >= 4 is 21.6 Å². The number of carbonyl (C=O) groups excluding carboxylic acids is 1. The third kappa shape index (κ3) is 2.72. The first kappa shape index (κ1) is 14.6. The first-order chi connectivity index (χ1) is 9.32. The molecule has 0 aliphatic heterocycles. The van der Waals surface area contributed by atoms with E-state index in [9.17, 15) is 27.5 Å². The predicted octanol–water partition coefficient (Wildman–Crippen LogP) is 1.42. The Morgan fingerprint density at radius 2 is 2.10 bits per heavy atom. The SMILES string of the molecule is O=C1CCC(C(C(=O)O)S(=O)(=O)c2cccc(F)c2)C1. The molecule has 0 heterocycles. The maximum absolute atomic E-state index is 13.1. The molecule has 1 aromatic carbocycles. The second-order valence-corrected chi connectivity index (χ2v) is 6.87. The summed E-state index contributed by atoms with van der Waals surface area (Å²) in [5.41, 5.74) is 0. The van der Waals surface area contributed by atoms with E-state index in [1.165, 1.54) is 6.07 Å². The summed E-state index contributed by atoms with van der Waals surface area (Å²) in [5, 5.41) is 7.49. The number of carboxylic acid groups (broad SMARTS) is 1. The number of carbonyl (C=O) groups is 2. The molecule has 0 saturated heterocycles. The summed E-state index contributed by atoms with van der Waals surface area (Å²) in [6.07, 6.45) is 0.350. The van der Waals surface area contributed by atoms with Crippen molar-refractivity contribution < 1.29 is 27.5 Å². The van der Waals surface area contributed by atoms with Gasteiger partial charge in [-0.05, 0) is 30.5 Å². The molecule has 0 bridgehead atoms. The summed E-state index contributed by atoms with van der Waals surface area (Å²) in [7, 11) is -4.22. The Morgan fingerprint density at radius 1 is 1.40 bits per heavy atom. The highest BCUT2D eigenvalue weighted by atomic mass is 32.2. The fourth-order valence-corrected chi connectivity index (χ4v) is 4.32. The Bertz CT molecular complexity index is 652. The van der Waals surface area contributed by atoms with Crippen molar-refractivity contribution in [3.63, 3.8) is 0 Å². The van der Waals surface area contributed by atoms with Crippen LogP contribution in [0.3, 0.4) is 0 Å². The lowest BCUT2D eigenvalue weighted by Gasteiger charge is -2.19. The van der Waals surface area contributed by atoms with Crippen LogP contribution in [0.2, 0.25) is 0 Å². The summed E-state index contributed by atoms with van der Waals surface area (Å²) >= 11 is 0. The van der Waals surface area contributed by atoms with Gasteiger partial charge in [-0.2, -0.15) is 0 Å². The number of carboxylic acids is 1. The average Bonchev–Trinajstić information content (AvgIpc) is 2.74. The van der Waals surface area contributed by atoms with Gasteiger partial charge in [-0.25, -0.2) is 12.8 Å². The highest BCUT2D eigenvalue weighted by Crippen LogP contribution is 2.32. The Labute approximate surface area is 115 Å². The van der Waals surface area contributed by atoms with Crippen LogP contribution in [-0.4, -0.2) is 30.5 Å². The monoisotopic (exact) mass is 300 g/mol. The fourth-order valence-electron chi connectivity index (χ4n) is 2.48. The van der Waals surface area contributed by atoms with Gasteiger partial charge in [-0.15, -0.1) is 0 Å². The van der Waals surface area contributed by atoms with E-state index in [1.807, 2.05) is 0 Å². The predicted molar refractivity (Wildman–Crippen MR) is 67.4 cm³/mol. The summed E-state index contributed by atoms with van der Waals surface area (Å²) < 4.78 is 37.9. The molecule has 0 aromatic heterocycles. The zero-order valence-electron chi connectivity index (χ0n) is 10.5. The molecule has 0 radical (unpaired) electrons. The number of rotatable bonds is 4. The maximum Gasteiger partial charge on any atom is 0.322 e. The molecule has 1 aliphatic rings. The minimum atomic E-state index is -4.22. The van der Waals surface area contributed by atoms with E-state index in [-0.39, 0.29) is 29.9 Å². The van der Waals surface area contributed by atoms with Crippen LogP contribution in [0.15, 0.2) is 29.2 Å². The Hall–Kier alpha value is -1.76. The van der Waals surface area contributed by atoms with Crippen molar-refractivity contribution in [2.75, 3.05) is 0 Å². The Kier molecular flexibility index (Phi) is 3.89. The van der Waals surface area contributed by atoms with Crippen molar-refractivity contribution in [2.45, 2.75) is 29.4 Å². The van der Waals surface area contributed by atoms with E-state index in [2.05, 4.69) is 0 Å². The molecule has 2 atom stereocenters. The van der Waals surface area contributed by atoms with Crippen molar-refractivity contribution in [3.8, 4) is 0 Å². The number of hydrogen-bond donors (Lipinski definition) is 1. The van der Waals surface area contributed by atoms with Gasteiger partial charge in [-0.1, -0.05) is 6.07 Å². The number of halogens is 1. The quantitative estimate of drug-likeness (QED) is 0.908. The second kappa shape index (κ2) is 5.32. The zero-order chi connectivity index (χ0) is 14.9. The number of benzene rings is 1. The number of hydrogen-bond acceptors (Lipinski definition) is 4. The van der Waals surface area contributed by atoms with Gasteiger partial charge in [0.05, 0.1) is 4.90 Å². The molecular formula is C13H13FO5S. The van der Waals surface area contributed by atoms with Crippen LogP contribution in [0, 0.1) is 11.7 Å². The van der Waals surface area contributed by atoms with Gasteiger partial charge in [0.15, 0.2) is 15.1 Å². The number of ketones is 1. The van der Waals surface area contributed by atoms with Crippen LogP contribution in [0.25, 0.3) is 0 Å². The summed E-state index contributed by atoms with van der Waals surface area (Å²) in [6.45, 7) is 0. The standard InChI is InChI=1S/C13H13FO5S/c14-9-2-1-3-11(7-9)20(18,19)12(13(16)17)8-4-5-10(15)6-8/h1-3,7-8,12H,4-6H2,(H,16,17). The van der Waals surface area contributed by atoms with Gasteiger partial charge in [0.25, 0.3) is 0 Å². The van der Waals surface area contributed by atoms with Gasteiger partial charge in [0, 0.05) is 12.8 Å². The molecule has 7 heteroatoms. The number of Topliss-reactive ketones (excluding diaryl/α,β-unsaturated/α-hetero) is 1. The van der Waals surface area contributed by atoms with Crippen molar-refractivity contribution in [1.82, 2.24) is 0 Å². The second-order valence-electron chi connectivity index (χ2n) is 4.80. The minimum absolute atomic E-state index is 0.0640. The number of aliphatic carboxylic acids is 1. The zero-order valence-corrected chi connectivity index (χ0v) is 11.3.